The number of carbonyl (C=O) groups is 1. The largest absolute Gasteiger partial charge is 0.451 e. The maximum absolute atomic E-state index is 12.2. The van der Waals surface area contributed by atoms with Gasteiger partial charge in [-0.2, -0.15) is 0 Å². The number of nitrogens with zero attached hydrogens (tertiary/aromatic N) is 2. The van der Waals surface area contributed by atoms with Gasteiger partial charge < -0.3 is 9.73 Å². The number of hydrogen-bond acceptors (Lipinski definition) is 5. The highest BCUT2D eigenvalue weighted by atomic mass is 127. The molecular formula is C16H10IN3O4. The Morgan fingerprint density at radius 1 is 1.21 bits per heavy atom. The second-order valence-corrected chi connectivity index (χ2v) is 6.03. The summed E-state index contributed by atoms with van der Waals surface area (Å²) >= 11 is 2.12. The van der Waals surface area contributed by atoms with E-state index in [1.807, 2.05) is 6.07 Å². The van der Waals surface area contributed by atoms with Crippen molar-refractivity contribution < 1.29 is 14.1 Å². The van der Waals surface area contributed by atoms with E-state index in [9.17, 15) is 14.9 Å². The standard InChI is InChI=1S/C16H10IN3O4/c17-11-4-7-15(18-9-11)19-16(21)14-6-5-13(24-14)10-2-1-3-12(8-10)20(22)23/h1-9H,(H,18,19,21). The van der Waals surface area contributed by atoms with Crippen molar-refractivity contribution in [3.8, 4) is 11.3 Å². The van der Waals surface area contributed by atoms with E-state index in [0.29, 0.717) is 17.1 Å². The van der Waals surface area contributed by atoms with E-state index in [4.69, 9.17) is 4.42 Å². The molecule has 1 N–H and O–H groups in total. The molecule has 2 aromatic heterocycles. The number of hydrogen-bond donors (Lipinski definition) is 1. The zero-order valence-corrected chi connectivity index (χ0v) is 14.3. The summed E-state index contributed by atoms with van der Waals surface area (Å²) in [5, 5.41) is 13.5. The summed E-state index contributed by atoms with van der Waals surface area (Å²) in [7, 11) is 0. The first-order valence-electron chi connectivity index (χ1n) is 6.80. The average Bonchev–Trinajstić information content (AvgIpc) is 3.07. The lowest BCUT2D eigenvalue weighted by molar-refractivity contribution is -0.384. The van der Waals surface area contributed by atoms with Gasteiger partial charge in [-0.3, -0.25) is 14.9 Å². The highest BCUT2D eigenvalue weighted by Crippen LogP contribution is 2.26. The maximum Gasteiger partial charge on any atom is 0.292 e. The molecule has 3 aromatic rings. The summed E-state index contributed by atoms with van der Waals surface area (Å²) in [6.07, 6.45) is 1.63. The van der Waals surface area contributed by atoms with Gasteiger partial charge in [0.15, 0.2) is 5.76 Å². The van der Waals surface area contributed by atoms with E-state index in [-0.39, 0.29) is 11.4 Å². The number of furan rings is 1. The van der Waals surface area contributed by atoms with Crippen molar-refractivity contribution in [1.82, 2.24) is 4.98 Å². The minimum Gasteiger partial charge on any atom is -0.451 e. The summed E-state index contributed by atoms with van der Waals surface area (Å²) in [6, 6.07) is 12.6. The number of benzene rings is 1. The molecule has 8 heteroatoms. The Kier molecular flexibility index (Phi) is 4.56. The molecule has 0 radical (unpaired) electrons. The quantitative estimate of drug-likeness (QED) is 0.378. The monoisotopic (exact) mass is 435 g/mol. The van der Waals surface area contributed by atoms with Crippen LogP contribution in [0.2, 0.25) is 0 Å². The van der Waals surface area contributed by atoms with Crippen LogP contribution in [-0.4, -0.2) is 15.8 Å². The molecule has 0 aliphatic carbocycles. The number of anilines is 1. The Morgan fingerprint density at radius 3 is 2.75 bits per heavy atom. The Morgan fingerprint density at radius 2 is 2.04 bits per heavy atom. The molecule has 0 bridgehead atoms. The Labute approximate surface area is 150 Å². The lowest BCUT2D eigenvalue weighted by Gasteiger charge is -2.02. The van der Waals surface area contributed by atoms with Gasteiger partial charge in [-0.1, -0.05) is 12.1 Å². The number of pyridine rings is 1. The first kappa shape index (κ1) is 16.1. The van der Waals surface area contributed by atoms with Crippen molar-refractivity contribution >= 4 is 40.0 Å². The van der Waals surface area contributed by atoms with Gasteiger partial charge in [0.25, 0.3) is 11.6 Å². The van der Waals surface area contributed by atoms with E-state index in [0.717, 1.165) is 3.57 Å². The van der Waals surface area contributed by atoms with Crippen LogP contribution < -0.4 is 5.32 Å². The zero-order valence-electron chi connectivity index (χ0n) is 12.1. The number of nitrogens with one attached hydrogen (secondary N) is 1. The highest BCUT2D eigenvalue weighted by Gasteiger charge is 2.14. The third kappa shape index (κ3) is 3.59. The summed E-state index contributed by atoms with van der Waals surface area (Å²) < 4.78 is 6.45. The summed E-state index contributed by atoms with van der Waals surface area (Å²) in [5.41, 5.74) is 0.480. The lowest BCUT2D eigenvalue weighted by Crippen LogP contribution is -2.11. The Bertz CT molecular complexity index is 906. The maximum atomic E-state index is 12.2. The van der Waals surface area contributed by atoms with Crippen LogP contribution in [0.4, 0.5) is 11.5 Å². The molecule has 0 aliphatic rings. The minimum absolute atomic E-state index is 0.0435. The number of rotatable bonds is 4. The topological polar surface area (TPSA) is 98.3 Å². The van der Waals surface area contributed by atoms with Crippen molar-refractivity contribution in [3.05, 3.63) is 74.2 Å². The van der Waals surface area contributed by atoms with Crippen LogP contribution in [0, 0.1) is 13.7 Å². The van der Waals surface area contributed by atoms with Crippen LogP contribution in [0.15, 0.2) is 59.1 Å². The summed E-state index contributed by atoms with van der Waals surface area (Å²) in [4.78, 5) is 26.6. The lowest BCUT2D eigenvalue weighted by atomic mass is 10.1. The third-order valence-electron chi connectivity index (χ3n) is 3.14. The normalized spacial score (nSPS) is 10.4. The molecular weight excluding hydrogens is 425 g/mol. The molecule has 2 heterocycles. The van der Waals surface area contributed by atoms with Gasteiger partial charge >= 0.3 is 0 Å². The van der Waals surface area contributed by atoms with Crippen LogP contribution in [0.5, 0.6) is 0 Å². The van der Waals surface area contributed by atoms with Crippen LogP contribution in [-0.2, 0) is 0 Å². The Hall–Kier alpha value is -2.75. The summed E-state index contributed by atoms with van der Waals surface area (Å²) in [6.45, 7) is 0. The van der Waals surface area contributed by atoms with Crippen molar-refractivity contribution in [1.29, 1.82) is 0 Å². The van der Waals surface area contributed by atoms with Crippen molar-refractivity contribution in [2.45, 2.75) is 0 Å². The molecule has 3 rings (SSSR count). The van der Waals surface area contributed by atoms with Gasteiger partial charge in [0, 0.05) is 27.5 Å². The van der Waals surface area contributed by atoms with Gasteiger partial charge in [0.05, 0.1) is 4.92 Å². The number of non-ortho nitro benzene ring substituents is 1. The summed E-state index contributed by atoms with van der Waals surface area (Å²) in [5.74, 6) is 0.436. The smallest absolute Gasteiger partial charge is 0.292 e. The van der Waals surface area contributed by atoms with E-state index < -0.39 is 10.8 Å². The van der Waals surface area contributed by atoms with E-state index in [1.165, 1.54) is 18.2 Å². The molecule has 0 unspecified atom stereocenters. The van der Waals surface area contributed by atoms with Crippen molar-refractivity contribution in [2.24, 2.45) is 0 Å². The van der Waals surface area contributed by atoms with Gasteiger partial charge in [-0.25, -0.2) is 4.98 Å². The predicted molar refractivity (Wildman–Crippen MR) is 95.7 cm³/mol. The first-order valence-corrected chi connectivity index (χ1v) is 7.88. The van der Waals surface area contributed by atoms with Crippen molar-refractivity contribution in [2.75, 3.05) is 5.32 Å². The molecule has 7 nitrogen and oxygen atoms in total. The molecule has 0 saturated carbocycles. The van der Waals surface area contributed by atoms with E-state index in [1.54, 1.807) is 30.5 Å². The molecule has 24 heavy (non-hydrogen) atoms. The number of halogens is 1. The fraction of sp³-hybridized carbons (Fsp3) is 0. The molecule has 0 saturated heterocycles. The van der Waals surface area contributed by atoms with Gasteiger partial charge in [0.2, 0.25) is 0 Å². The second kappa shape index (κ2) is 6.79. The number of nitro benzene ring substituents is 1. The number of nitro groups is 1. The molecule has 1 amide bonds. The fourth-order valence-corrected chi connectivity index (χ4v) is 2.33. The number of amides is 1. The minimum atomic E-state index is -0.484. The van der Waals surface area contributed by atoms with Crippen LogP contribution in [0.3, 0.4) is 0 Å². The molecule has 0 fully saturated rings. The van der Waals surface area contributed by atoms with Gasteiger partial charge in [-0.15, -0.1) is 0 Å². The first-order chi connectivity index (χ1) is 11.5. The average molecular weight is 435 g/mol. The number of carbonyl (C=O) groups excluding carboxylic acids is 1. The molecule has 0 aliphatic heterocycles. The van der Waals surface area contributed by atoms with Crippen molar-refractivity contribution in [3.63, 3.8) is 0 Å². The molecule has 0 atom stereocenters. The van der Waals surface area contributed by atoms with Crippen LogP contribution >= 0.6 is 22.6 Å². The molecule has 0 spiro atoms. The SMILES string of the molecule is O=C(Nc1ccc(I)cn1)c1ccc(-c2cccc([N+](=O)[O-])c2)o1. The number of aromatic nitrogens is 1. The predicted octanol–water partition coefficient (Wildman–Crippen LogP) is 4.11. The molecule has 1 aromatic carbocycles. The van der Waals surface area contributed by atoms with Crippen LogP contribution in [0.1, 0.15) is 10.6 Å². The van der Waals surface area contributed by atoms with Crippen LogP contribution in [0.25, 0.3) is 11.3 Å². The third-order valence-corrected chi connectivity index (χ3v) is 3.78. The van der Waals surface area contributed by atoms with Gasteiger partial charge in [0.1, 0.15) is 11.6 Å². The molecule has 120 valence electrons. The highest BCUT2D eigenvalue weighted by molar-refractivity contribution is 14.1. The van der Waals surface area contributed by atoms with E-state index >= 15 is 0 Å². The fourth-order valence-electron chi connectivity index (χ4n) is 2.02. The van der Waals surface area contributed by atoms with Gasteiger partial charge in [-0.05, 0) is 46.9 Å². The zero-order chi connectivity index (χ0) is 17.1. The Balaban J connectivity index is 1.80. The second-order valence-electron chi connectivity index (χ2n) is 4.79. The van der Waals surface area contributed by atoms with E-state index in [2.05, 4.69) is 32.9 Å².